The molecule has 14 heteroatoms. The molecule has 0 saturated carbocycles. The summed E-state index contributed by atoms with van der Waals surface area (Å²) in [5.41, 5.74) is 4.00. The lowest BCUT2D eigenvalue weighted by Crippen LogP contribution is -2.46. The summed E-state index contributed by atoms with van der Waals surface area (Å²) in [6, 6.07) is 34.1. The van der Waals surface area contributed by atoms with E-state index in [1.165, 1.54) is 32.1 Å². The maximum atomic E-state index is 14.0. The van der Waals surface area contributed by atoms with E-state index in [1.54, 1.807) is 6.92 Å². The van der Waals surface area contributed by atoms with E-state index >= 15 is 0 Å². The Morgan fingerprint density at radius 1 is 0.820 bits per heavy atom. The molecule has 11 nitrogen and oxygen atoms in total. The van der Waals surface area contributed by atoms with Crippen molar-refractivity contribution < 1.29 is 22.7 Å². The van der Waals surface area contributed by atoms with Crippen LogP contribution >= 0.6 is 23.2 Å². The van der Waals surface area contributed by atoms with Crippen LogP contribution in [0.5, 0.6) is 0 Å². The molecular formula is C47H56Cl2N6O5S. The Morgan fingerprint density at radius 2 is 1.41 bits per heavy atom. The molecular weight excluding hydrogens is 832 g/mol. The zero-order valence-electron chi connectivity index (χ0n) is 35.0. The number of ether oxygens (including phenoxy) is 1. The van der Waals surface area contributed by atoms with Gasteiger partial charge in [0, 0.05) is 43.7 Å². The van der Waals surface area contributed by atoms with Crippen LogP contribution < -0.4 is 5.32 Å². The molecule has 1 aliphatic rings. The van der Waals surface area contributed by atoms with Gasteiger partial charge in [0.05, 0.1) is 31.0 Å². The lowest BCUT2D eigenvalue weighted by molar-refractivity contribution is -0.133. The molecule has 1 aliphatic heterocycles. The highest BCUT2D eigenvalue weighted by Gasteiger charge is 2.39. The fourth-order valence-electron chi connectivity index (χ4n) is 8.18. The number of rotatable bonds is 22. The number of nitrogens with one attached hydrogen (secondary N) is 1. The minimum Gasteiger partial charge on any atom is -0.383 e. The van der Waals surface area contributed by atoms with E-state index in [0.29, 0.717) is 36.5 Å². The quantitative estimate of drug-likeness (QED) is 0.0568. The molecule has 6 rings (SSSR count). The number of carbonyl (C=O) groups excluding carboxylic acids is 2. The number of hydrogen-bond donors (Lipinski definition) is 1. The number of likely N-dealkylation sites (tertiary alicyclic amines) is 1. The SMILES string of the molecule is COCCN(CC(=O)NCC(=O)N(CCCCN1CCCC1)CCCc1cncn1C(c1ccccc1)(c1ccccc1)c1ccccc1)S(=O)(=O)c1ccc(Cl)c(C)c1Cl. The molecule has 324 valence electrons. The molecule has 0 spiro atoms. The number of carbonyl (C=O) groups is 2. The Hall–Kier alpha value is -4.56. The molecule has 4 aromatic carbocycles. The topological polar surface area (TPSA) is 117 Å². The van der Waals surface area contributed by atoms with E-state index in [9.17, 15) is 18.0 Å². The highest BCUT2D eigenvalue weighted by atomic mass is 35.5. The van der Waals surface area contributed by atoms with Crippen molar-refractivity contribution in [2.75, 3.05) is 66.1 Å². The molecule has 2 heterocycles. The molecule has 61 heavy (non-hydrogen) atoms. The van der Waals surface area contributed by atoms with Crippen LogP contribution in [0.1, 0.15) is 60.1 Å². The molecule has 5 aromatic rings. The molecule has 0 atom stereocenters. The van der Waals surface area contributed by atoms with Gasteiger partial charge >= 0.3 is 0 Å². The van der Waals surface area contributed by atoms with E-state index in [4.69, 9.17) is 32.9 Å². The average molecular weight is 888 g/mol. The third-order valence-corrected chi connectivity index (χ3v) is 14.3. The summed E-state index contributed by atoms with van der Waals surface area (Å²) in [7, 11) is -2.77. The second kappa shape index (κ2) is 22.0. The van der Waals surface area contributed by atoms with Crippen LogP contribution in [0.25, 0.3) is 0 Å². The normalized spacial score (nSPS) is 13.5. The maximum Gasteiger partial charge on any atom is 0.245 e. The van der Waals surface area contributed by atoms with Gasteiger partial charge in [0.25, 0.3) is 0 Å². The van der Waals surface area contributed by atoms with Gasteiger partial charge in [0.1, 0.15) is 10.4 Å². The molecule has 1 saturated heterocycles. The van der Waals surface area contributed by atoms with Crippen LogP contribution in [0.15, 0.2) is 121 Å². The summed E-state index contributed by atoms with van der Waals surface area (Å²) >= 11 is 12.6. The standard InChI is InChI=1S/C47H56Cl2N6O5S/c1-37-42(48)24-25-43(46(37)49)61(58,59)54(31-32-60-2)35-44(56)51-34-45(57)53(29-15-14-28-52-26-12-13-27-52)30-16-23-41-33-50-36-55(41)47(38-17-6-3-7-18-38,39-19-8-4-9-20-39)40-21-10-5-11-22-40/h3-11,17-22,24-25,33,36H,12-16,23,26-32,34-35H2,1-2H3,(H,51,56). The van der Waals surface area contributed by atoms with Crippen molar-refractivity contribution in [1.82, 2.24) is 29.0 Å². The molecule has 1 fully saturated rings. The fourth-order valence-corrected chi connectivity index (χ4v) is 10.3. The molecule has 0 bridgehead atoms. The van der Waals surface area contributed by atoms with Crippen molar-refractivity contribution in [3.8, 4) is 0 Å². The highest BCUT2D eigenvalue weighted by Crippen LogP contribution is 2.41. The first-order valence-corrected chi connectivity index (χ1v) is 23.2. The van der Waals surface area contributed by atoms with Gasteiger partial charge in [-0.1, -0.05) is 114 Å². The number of aromatic nitrogens is 2. The molecule has 1 N–H and O–H groups in total. The number of methoxy groups -OCH3 is 1. The van der Waals surface area contributed by atoms with Crippen LogP contribution in [0.3, 0.4) is 0 Å². The summed E-state index contributed by atoms with van der Waals surface area (Å²) in [6.07, 6.45) is 9.31. The van der Waals surface area contributed by atoms with E-state index in [-0.39, 0.29) is 35.5 Å². The number of aryl methyl sites for hydroxylation is 1. The number of hydrogen-bond acceptors (Lipinski definition) is 7. The van der Waals surface area contributed by atoms with Crippen molar-refractivity contribution >= 4 is 45.0 Å². The zero-order valence-corrected chi connectivity index (χ0v) is 37.3. The highest BCUT2D eigenvalue weighted by molar-refractivity contribution is 7.89. The van der Waals surface area contributed by atoms with Gasteiger partial charge in [-0.05, 0) is 99.5 Å². The van der Waals surface area contributed by atoms with Gasteiger partial charge in [0.15, 0.2) is 0 Å². The van der Waals surface area contributed by atoms with Crippen molar-refractivity contribution in [2.24, 2.45) is 0 Å². The third kappa shape index (κ3) is 11.1. The zero-order chi connectivity index (χ0) is 43.2. The summed E-state index contributed by atoms with van der Waals surface area (Å²) in [5.74, 6) is -0.857. The molecule has 0 radical (unpaired) electrons. The van der Waals surface area contributed by atoms with Crippen molar-refractivity contribution in [1.29, 1.82) is 0 Å². The lowest BCUT2D eigenvalue weighted by atomic mass is 9.76. The molecule has 2 amide bonds. The lowest BCUT2D eigenvalue weighted by Gasteiger charge is -2.38. The van der Waals surface area contributed by atoms with E-state index in [1.807, 2.05) is 35.6 Å². The predicted octanol–water partition coefficient (Wildman–Crippen LogP) is 7.43. The van der Waals surface area contributed by atoms with Gasteiger partial charge in [-0.2, -0.15) is 4.31 Å². The minimum atomic E-state index is -4.22. The van der Waals surface area contributed by atoms with E-state index in [0.717, 1.165) is 59.2 Å². The Kier molecular flexibility index (Phi) is 16.6. The summed E-state index contributed by atoms with van der Waals surface area (Å²) in [5, 5.41) is 3.01. The summed E-state index contributed by atoms with van der Waals surface area (Å²) in [6.45, 7) is 4.97. The van der Waals surface area contributed by atoms with Crippen molar-refractivity contribution in [2.45, 2.75) is 55.9 Å². The monoisotopic (exact) mass is 886 g/mol. The van der Waals surface area contributed by atoms with Gasteiger partial charge in [-0.3, -0.25) is 9.59 Å². The van der Waals surface area contributed by atoms with Crippen LogP contribution in [0.2, 0.25) is 10.0 Å². The second-order valence-corrected chi connectivity index (χ2v) is 18.1. The average Bonchev–Trinajstić information content (AvgIpc) is 3.99. The summed E-state index contributed by atoms with van der Waals surface area (Å²) < 4.78 is 36.0. The number of benzene rings is 4. The second-order valence-electron chi connectivity index (χ2n) is 15.4. The smallest absolute Gasteiger partial charge is 0.245 e. The first kappa shape index (κ1) is 46.0. The fraction of sp³-hybridized carbons (Fsp3) is 0.383. The van der Waals surface area contributed by atoms with Crippen LogP contribution in [0.4, 0.5) is 0 Å². The Bertz CT molecular complexity index is 2190. The van der Waals surface area contributed by atoms with Crippen molar-refractivity contribution in [3.05, 3.63) is 154 Å². The number of unbranched alkanes of at least 4 members (excludes halogenated alkanes) is 1. The maximum absolute atomic E-state index is 14.0. The van der Waals surface area contributed by atoms with Gasteiger partial charge in [-0.15, -0.1) is 0 Å². The number of sulfonamides is 1. The van der Waals surface area contributed by atoms with Gasteiger partial charge in [0.2, 0.25) is 21.8 Å². The third-order valence-electron chi connectivity index (χ3n) is 11.4. The largest absolute Gasteiger partial charge is 0.383 e. The first-order chi connectivity index (χ1) is 29.6. The van der Waals surface area contributed by atoms with Crippen LogP contribution in [-0.4, -0.2) is 110 Å². The first-order valence-electron chi connectivity index (χ1n) is 21.0. The number of halogens is 2. The Morgan fingerprint density at radius 3 is 2.00 bits per heavy atom. The van der Waals surface area contributed by atoms with E-state index < -0.39 is 28.0 Å². The molecule has 0 unspecified atom stereocenters. The van der Waals surface area contributed by atoms with Gasteiger partial charge < -0.3 is 24.4 Å². The Labute approximate surface area is 370 Å². The van der Waals surface area contributed by atoms with Crippen LogP contribution in [0, 0.1) is 6.92 Å². The van der Waals surface area contributed by atoms with Crippen LogP contribution in [-0.2, 0) is 36.3 Å². The number of nitrogens with zero attached hydrogens (tertiary/aromatic N) is 5. The van der Waals surface area contributed by atoms with Crippen molar-refractivity contribution in [3.63, 3.8) is 0 Å². The number of amides is 2. The minimum absolute atomic E-state index is 0.0141. The van der Waals surface area contributed by atoms with Gasteiger partial charge in [-0.25, -0.2) is 13.4 Å². The molecule has 0 aliphatic carbocycles. The summed E-state index contributed by atoms with van der Waals surface area (Å²) in [4.78, 5) is 36.2. The predicted molar refractivity (Wildman–Crippen MR) is 241 cm³/mol. The van der Waals surface area contributed by atoms with E-state index in [2.05, 4.69) is 87.6 Å². The molecule has 1 aromatic heterocycles. The number of imidazole rings is 1. The Balaban J connectivity index is 1.18.